The number of nitrogens with zero attached hydrogens (tertiary/aromatic N) is 1. The number of carboxylic acids is 1. The van der Waals surface area contributed by atoms with Crippen LogP contribution in [0.5, 0.6) is 0 Å². The predicted octanol–water partition coefficient (Wildman–Crippen LogP) is 2.67. The molecular weight excluding hydrogens is 268 g/mol. The van der Waals surface area contributed by atoms with Gasteiger partial charge in [-0.25, -0.2) is 4.79 Å². The molecule has 5 nitrogen and oxygen atoms in total. The van der Waals surface area contributed by atoms with Gasteiger partial charge in [0.15, 0.2) is 0 Å². The minimum Gasteiger partial charge on any atom is -0.481 e. The van der Waals surface area contributed by atoms with E-state index < -0.39 is 5.97 Å². The molecule has 1 heterocycles. The normalized spacial score (nSPS) is 16.2. The molecular formula is C13H15ClN2O3. The maximum Gasteiger partial charge on any atom is 0.321 e. The summed E-state index contributed by atoms with van der Waals surface area (Å²) in [6.45, 7) is 0.923. The number of aliphatic carboxylic acids is 1. The first-order valence-electron chi connectivity index (χ1n) is 6.10. The van der Waals surface area contributed by atoms with Crippen molar-refractivity contribution in [3.05, 3.63) is 29.3 Å². The second-order valence-corrected chi connectivity index (χ2v) is 4.98. The van der Waals surface area contributed by atoms with Crippen molar-refractivity contribution < 1.29 is 14.7 Å². The molecule has 2 N–H and O–H groups in total. The summed E-state index contributed by atoms with van der Waals surface area (Å²) < 4.78 is 0. The zero-order chi connectivity index (χ0) is 13.8. The van der Waals surface area contributed by atoms with Gasteiger partial charge in [-0.3, -0.25) is 4.79 Å². The van der Waals surface area contributed by atoms with E-state index in [1.54, 1.807) is 29.2 Å². The first kappa shape index (κ1) is 13.7. The lowest BCUT2D eigenvalue weighted by molar-refractivity contribution is -0.143. The Hall–Kier alpha value is -1.75. The van der Waals surface area contributed by atoms with E-state index in [9.17, 15) is 9.59 Å². The summed E-state index contributed by atoms with van der Waals surface area (Å²) in [5.74, 6) is -1.12. The minimum atomic E-state index is -0.783. The number of likely N-dealkylation sites (tertiary alicyclic amines) is 1. The number of piperidine rings is 1. The average molecular weight is 283 g/mol. The second-order valence-electron chi connectivity index (χ2n) is 4.54. The van der Waals surface area contributed by atoms with Crippen LogP contribution in [0, 0.1) is 5.92 Å². The van der Waals surface area contributed by atoms with E-state index in [4.69, 9.17) is 16.7 Å². The van der Waals surface area contributed by atoms with Gasteiger partial charge in [-0.05, 0) is 31.0 Å². The second kappa shape index (κ2) is 5.93. The van der Waals surface area contributed by atoms with E-state index in [0.29, 0.717) is 36.6 Å². The third-order valence-electron chi connectivity index (χ3n) is 3.21. The van der Waals surface area contributed by atoms with E-state index in [1.165, 1.54) is 0 Å². The molecule has 0 radical (unpaired) electrons. The Balaban J connectivity index is 1.90. The lowest BCUT2D eigenvalue weighted by Crippen LogP contribution is -2.42. The summed E-state index contributed by atoms with van der Waals surface area (Å²) in [4.78, 5) is 24.4. The summed E-state index contributed by atoms with van der Waals surface area (Å²) in [6.07, 6.45) is 0.997. The monoisotopic (exact) mass is 282 g/mol. The molecule has 1 aromatic rings. The Morgan fingerprint density at radius 3 is 2.58 bits per heavy atom. The molecule has 1 aliphatic heterocycles. The number of rotatable bonds is 2. The molecule has 2 amide bonds. The molecule has 0 unspecified atom stereocenters. The molecule has 0 aliphatic carbocycles. The van der Waals surface area contributed by atoms with Crippen LogP contribution in [-0.2, 0) is 4.79 Å². The first-order chi connectivity index (χ1) is 9.06. The van der Waals surface area contributed by atoms with Gasteiger partial charge in [0.05, 0.1) is 5.92 Å². The van der Waals surface area contributed by atoms with Crippen LogP contribution >= 0.6 is 11.6 Å². The number of urea groups is 1. The quantitative estimate of drug-likeness (QED) is 0.876. The largest absolute Gasteiger partial charge is 0.481 e. The first-order valence-corrected chi connectivity index (χ1v) is 6.48. The van der Waals surface area contributed by atoms with E-state index >= 15 is 0 Å². The summed E-state index contributed by atoms with van der Waals surface area (Å²) in [5.41, 5.74) is 0.637. The number of carbonyl (C=O) groups is 2. The van der Waals surface area contributed by atoms with Gasteiger partial charge in [-0.2, -0.15) is 0 Å². The van der Waals surface area contributed by atoms with Crippen molar-refractivity contribution in [1.29, 1.82) is 0 Å². The molecule has 0 aromatic heterocycles. The maximum atomic E-state index is 12.0. The van der Waals surface area contributed by atoms with Crippen LogP contribution in [0.15, 0.2) is 24.3 Å². The van der Waals surface area contributed by atoms with E-state index in [-0.39, 0.29) is 11.9 Å². The standard InChI is InChI=1S/C13H15ClN2O3/c14-10-2-1-3-11(8-10)15-13(19)16-6-4-9(5-7-16)12(17)18/h1-3,8-9H,4-7H2,(H,15,19)(H,17,18). The minimum absolute atomic E-state index is 0.217. The third kappa shape index (κ3) is 3.61. The van der Waals surface area contributed by atoms with Crippen molar-refractivity contribution in [3.8, 4) is 0 Å². The van der Waals surface area contributed by atoms with Crippen LogP contribution in [0.4, 0.5) is 10.5 Å². The molecule has 0 spiro atoms. The molecule has 19 heavy (non-hydrogen) atoms. The average Bonchev–Trinajstić information content (AvgIpc) is 2.39. The summed E-state index contributed by atoms with van der Waals surface area (Å²) in [5, 5.41) is 12.2. The zero-order valence-electron chi connectivity index (χ0n) is 10.3. The van der Waals surface area contributed by atoms with Gasteiger partial charge in [-0.15, -0.1) is 0 Å². The van der Waals surface area contributed by atoms with Crippen molar-refractivity contribution in [3.63, 3.8) is 0 Å². The van der Waals surface area contributed by atoms with Crippen LogP contribution in [-0.4, -0.2) is 35.1 Å². The lowest BCUT2D eigenvalue weighted by Gasteiger charge is -2.30. The van der Waals surface area contributed by atoms with Crippen LogP contribution in [0.1, 0.15) is 12.8 Å². The van der Waals surface area contributed by atoms with Gasteiger partial charge in [0, 0.05) is 23.8 Å². The number of carboxylic acid groups (broad SMARTS) is 1. The summed E-state index contributed by atoms with van der Waals surface area (Å²) >= 11 is 5.84. The molecule has 102 valence electrons. The SMILES string of the molecule is O=C(O)C1CCN(C(=O)Nc2cccc(Cl)c2)CC1. The van der Waals surface area contributed by atoms with Crippen LogP contribution in [0.25, 0.3) is 0 Å². The lowest BCUT2D eigenvalue weighted by atomic mass is 9.97. The highest BCUT2D eigenvalue weighted by atomic mass is 35.5. The fourth-order valence-electron chi connectivity index (χ4n) is 2.10. The van der Waals surface area contributed by atoms with E-state index in [0.717, 1.165) is 0 Å². The van der Waals surface area contributed by atoms with Gasteiger partial charge in [0.25, 0.3) is 0 Å². The number of carbonyl (C=O) groups excluding carboxylic acids is 1. The van der Waals surface area contributed by atoms with Crippen LogP contribution in [0.3, 0.4) is 0 Å². The number of halogens is 1. The highest BCUT2D eigenvalue weighted by Crippen LogP contribution is 2.19. The van der Waals surface area contributed by atoms with Crippen molar-refractivity contribution in [2.75, 3.05) is 18.4 Å². The number of hydrogen-bond donors (Lipinski definition) is 2. The Labute approximate surface area is 116 Å². The number of amides is 2. The number of benzene rings is 1. The van der Waals surface area contributed by atoms with Gasteiger partial charge in [0.2, 0.25) is 0 Å². The van der Waals surface area contributed by atoms with Crippen LogP contribution < -0.4 is 5.32 Å². The van der Waals surface area contributed by atoms with Crippen molar-refractivity contribution in [2.45, 2.75) is 12.8 Å². The zero-order valence-corrected chi connectivity index (χ0v) is 11.1. The predicted molar refractivity (Wildman–Crippen MR) is 72.4 cm³/mol. The van der Waals surface area contributed by atoms with Crippen molar-refractivity contribution >= 4 is 29.3 Å². The molecule has 1 aliphatic rings. The Bertz CT molecular complexity index is 485. The number of anilines is 1. The van der Waals surface area contributed by atoms with Crippen LogP contribution in [0.2, 0.25) is 5.02 Å². The summed E-state index contributed by atoms with van der Waals surface area (Å²) in [6, 6.07) is 6.70. The Morgan fingerprint density at radius 2 is 2.00 bits per heavy atom. The van der Waals surface area contributed by atoms with Crippen molar-refractivity contribution in [2.24, 2.45) is 5.92 Å². The van der Waals surface area contributed by atoms with Crippen molar-refractivity contribution in [1.82, 2.24) is 4.90 Å². The topological polar surface area (TPSA) is 69.6 Å². The summed E-state index contributed by atoms with van der Waals surface area (Å²) in [7, 11) is 0. The Kier molecular flexibility index (Phi) is 4.27. The fourth-order valence-corrected chi connectivity index (χ4v) is 2.29. The maximum absolute atomic E-state index is 12.0. The van der Waals surface area contributed by atoms with E-state index in [2.05, 4.69) is 5.32 Å². The molecule has 0 bridgehead atoms. The van der Waals surface area contributed by atoms with Gasteiger partial charge in [0.1, 0.15) is 0 Å². The Morgan fingerprint density at radius 1 is 1.32 bits per heavy atom. The number of hydrogen-bond acceptors (Lipinski definition) is 2. The highest BCUT2D eigenvalue weighted by molar-refractivity contribution is 6.30. The molecule has 1 aromatic carbocycles. The van der Waals surface area contributed by atoms with Gasteiger partial charge < -0.3 is 15.3 Å². The van der Waals surface area contributed by atoms with E-state index in [1.807, 2.05) is 0 Å². The fraction of sp³-hybridized carbons (Fsp3) is 0.385. The molecule has 0 saturated carbocycles. The smallest absolute Gasteiger partial charge is 0.321 e. The van der Waals surface area contributed by atoms with Gasteiger partial charge in [-0.1, -0.05) is 17.7 Å². The molecule has 2 rings (SSSR count). The highest BCUT2D eigenvalue weighted by Gasteiger charge is 2.26. The van der Waals surface area contributed by atoms with Gasteiger partial charge >= 0.3 is 12.0 Å². The molecule has 0 atom stereocenters. The molecule has 1 saturated heterocycles. The number of nitrogens with one attached hydrogen (secondary N) is 1. The molecule has 1 fully saturated rings. The molecule has 6 heteroatoms. The third-order valence-corrected chi connectivity index (χ3v) is 3.44.